The van der Waals surface area contributed by atoms with Gasteiger partial charge in [0.2, 0.25) is 5.91 Å². The Morgan fingerprint density at radius 1 is 1.57 bits per heavy atom. The number of nitrogens with one attached hydrogen (secondary N) is 2. The molecule has 2 N–H and O–H groups in total. The summed E-state index contributed by atoms with van der Waals surface area (Å²) in [7, 11) is 0. The van der Waals surface area contributed by atoms with Crippen LogP contribution in [0, 0.1) is 11.8 Å². The van der Waals surface area contributed by atoms with Crippen LogP contribution in [0.5, 0.6) is 0 Å². The van der Waals surface area contributed by atoms with Crippen molar-refractivity contribution in [3.8, 4) is 11.8 Å². The third-order valence-corrected chi connectivity index (χ3v) is 2.63. The maximum absolute atomic E-state index is 11.8. The number of hydrogen-bond donors (Lipinski definition) is 2. The highest BCUT2D eigenvalue weighted by Gasteiger charge is 2.33. The third kappa shape index (κ3) is 2.74. The fourth-order valence-electron chi connectivity index (χ4n) is 1.66. The van der Waals surface area contributed by atoms with Gasteiger partial charge in [-0.25, -0.2) is 0 Å². The van der Waals surface area contributed by atoms with Gasteiger partial charge in [-0.15, -0.1) is 5.92 Å². The molecule has 14 heavy (non-hydrogen) atoms. The minimum atomic E-state index is -0.381. The van der Waals surface area contributed by atoms with Crippen LogP contribution in [0.2, 0.25) is 0 Å². The Morgan fingerprint density at radius 2 is 2.36 bits per heavy atom. The van der Waals surface area contributed by atoms with Crippen molar-refractivity contribution in [1.29, 1.82) is 0 Å². The molecule has 0 aliphatic carbocycles. The van der Waals surface area contributed by atoms with E-state index in [1.54, 1.807) is 6.92 Å². The lowest BCUT2D eigenvalue weighted by molar-refractivity contribution is -0.127. The summed E-state index contributed by atoms with van der Waals surface area (Å²) in [5.41, 5.74) is -0.381. The Labute approximate surface area is 85.6 Å². The summed E-state index contributed by atoms with van der Waals surface area (Å²) in [6.45, 7) is 5.11. The summed E-state index contributed by atoms with van der Waals surface area (Å²) in [6, 6.07) is 0. The van der Waals surface area contributed by atoms with Gasteiger partial charge in [0.1, 0.15) is 0 Å². The summed E-state index contributed by atoms with van der Waals surface area (Å²) < 4.78 is 0. The Morgan fingerprint density at radius 3 is 2.93 bits per heavy atom. The molecular weight excluding hydrogens is 176 g/mol. The van der Waals surface area contributed by atoms with Crippen LogP contribution in [-0.4, -0.2) is 24.5 Å². The topological polar surface area (TPSA) is 41.1 Å². The maximum atomic E-state index is 11.8. The monoisotopic (exact) mass is 194 g/mol. The molecule has 1 heterocycles. The number of carbonyl (C=O) groups is 1. The largest absolute Gasteiger partial charge is 0.344 e. The Bertz CT molecular complexity index is 256. The van der Waals surface area contributed by atoms with Crippen molar-refractivity contribution >= 4 is 5.91 Å². The zero-order valence-corrected chi connectivity index (χ0v) is 8.94. The van der Waals surface area contributed by atoms with E-state index in [1.165, 1.54) is 0 Å². The van der Waals surface area contributed by atoms with E-state index >= 15 is 0 Å². The van der Waals surface area contributed by atoms with Crippen molar-refractivity contribution in [3.63, 3.8) is 0 Å². The molecule has 1 amide bonds. The zero-order chi connectivity index (χ0) is 10.4. The molecule has 1 unspecified atom stereocenters. The molecule has 1 aliphatic heterocycles. The first-order valence-electron chi connectivity index (χ1n) is 5.12. The van der Waals surface area contributed by atoms with E-state index in [2.05, 4.69) is 22.5 Å². The zero-order valence-electron chi connectivity index (χ0n) is 8.94. The van der Waals surface area contributed by atoms with E-state index < -0.39 is 0 Å². The van der Waals surface area contributed by atoms with Gasteiger partial charge in [-0.3, -0.25) is 4.79 Å². The standard InChI is InChI=1S/C11H18N2O/c1-3-4-8-12-10(14)11(2)7-5-6-9-13-11/h13H,5-9H2,1-2H3,(H,12,14). The van der Waals surface area contributed by atoms with Crippen LogP contribution >= 0.6 is 0 Å². The van der Waals surface area contributed by atoms with Crippen molar-refractivity contribution in [2.75, 3.05) is 13.1 Å². The van der Waals surface area contributed by atoms with E-state index in [1.807, 2.05) is 6.92 Å². The van der Waals surface area contributed by atoms with Gasteiger partial charge >= 0.3 is 0 Å². The summed E-state index contributed by atoms with van der Waals surface area (Å²) >= 11 is 0. The summed E-state index contributed by atoms with van der Waals surface area (Å²) in [4.78, 5) is 11.8. The highest BCUT2D eigenvalue weighted by atomic mass is 16.2. The van der Waals surface area contributed by atoms with Gasteiger partial charge in [-0.05, 0) is 39.7 Å². The van der Waals surface area contributed by atoms with Gasteiger partial charge in [-0.2, -0.15) is 0 Å². The average molecular weight is 194 g/mol. The molecule has 1 saturated heterocycles. The van der Waals surface area contributed by atoms with Crippen LogP contribution < -0.4 is 10.6 Å². The minimum Gasteiger partial charge on any atom is -0.344 e. The van der Waals surface area contributed by atoms with E-state index in [9.17, 15) is 4.79 Å². The quantitative estimate of drug-likeness (QED) is 0.634. The third-order valence-electron chi connectivity index (χ3n) is 2.63. The SMILES string of the molecule is CC#CCNC(=O)C1(C)CCCCN1. The smallest absolute Gasteiger partial charge is 0.240 e. The molecule has 0 radical (unpaired) electrons. The number of carbonyl (C=O) groups excluding carboxylic acids is 1. The highest BCUT2D eigenvalue weighted by Crippen LogP contribution is 2.18. The van der Waals surface area contributed by atoms with E-state index in [0.717, 1.165) is 25.8 Å². The molecule has 0 aromatic carbocycles. The van der Waals surface area contributed by atoms with Crippen molar-refractivity contribution in [3.05, 3.63) is 0 Å². The summed E-state index contributed by atoms with van der Waals surface area (Å²) in [5, 5.41) is 6.08. The van der Waals surface area contributed by atoms with Gasteiger partial charge in [0.15, 0.2) is 0 Å². The van der Waals surface area contributed by atoms with Crippen molar-refractivity contribution in [2.24, 2.45) is 0 Å². The first kappa shape index (κ1) is 11.1. The van der Waals surface area contributed by atoms with Gasteiger partial charge in [0.25, 0.3) is 0 Å². The molecule has 78 valence electrons. The maximum Gasteiger partial charge on any atom is 0.240 e. The van der Waals surface area contributed by atoms with Crippen LogP contribution in [0.15, 0.2) is 0 Å². The second-order valence-corrected chi connectivity index (χ2v) is 3.83. The minimum absolute atomic E-state index is 0.0694. The number of hydrogen-bond acceptors (Lipinski definition) is 2. The molecule has 1 rings (SSSR count). The van der Waals surface area contributed by atoms with E-state index in [4.69, 9.17) is 0 Å². The predicted molar refractivity (Wildman–Crippen MR) is 56.7 cm³/mol. The Balaban J connectivity index is 2.43. The molecule has 0 aromatic rings. The molecule has 0 saturated carbocycles. The van der Waals surface area contributed by atoms with Gasteiger partial charge < -0.3 is 10.6 Å². The molecule has 0 spiro atoms. The molecule has 0 bridgehead atoms. The second-order valence-electron chi connectivity index (χ2n) is 3.83. The fraction of sp³-hybridized carbons (Fsp3) is 0.727. The molecule has 3 nitrogen and oxygen atoms in total. The second kappa shape index (κ2) is 5.02. The first-order chi connectivity index (χ1) is 6.69. The Hall–Kier alpha value is -1.01. The van der Waals surface area contributed by atoms with Gasteiger partial charge in [0.05, 0.1) is 12.1 Å². The van der Waals surface area contributed by atoms with Crippen LogP contribution in [0.4, 0.5) is 0 Å². The Kier molecular flexibility index (Phi) is 3.97. The van der Waals surface area contributed by atoms with Gasteiger partial charge in [0, 0.05) is 0 Å². The van der Waals surface area contributed by atoms with Crippen LogP contribution in [0.25, 0.3) is 0 Å². The van der Waals surface area contributed by atoms with Crippen molar-refractivity contribution < 1.29 is 4.79 Å². The van der Waals surface area contributed by atoms with Gasteiger partial charge in [-0.1, -0.05) is 5.92 Å². The molecule has 3 heteroatoms. The molecule has 0 aromatic heterocycles. The number of piperidine rings is 1. The summed E-state index contributed by atoms with van der Waals surface area (Å²) in [5.74, 6) is 5.65. The fourth-order valence-corrected chi connectivity index (χ4v) is 1.66. The number of amides is 1. The van der Waals surface area contributed by atoms with Crippen molar-refractivity contribution in [2.45, 2.75) is 38.6 Å². The molecular formula is C11H18N2O. The van der Waals surface area contributed by atoms with Crippen molar-refractivity contribution in [1.82, 2.24) is 10.6 Å². The van der Waals surface area contributed by atoms with E-state index in [-0.39, 0.29) is 11.4 Å². The lowest BCUT2D eigenvalue weighted by Crippen LogP contribution is -2.56. The van der Waals surface area contributed by atoms with Crippen LogP contribution in [-0.2, 0) is 4.79 Å². The predicted octanol–water partition coefficient (Wildman–Crippen LogP) is 0.658. The normalized spacial score (nSPS) is 26.1. The van der Waals surface area contributed by atoms with Crippen LogP contribution in [0.1, 0.15) is 33.1 Å². The lowest BCUT2D eigenvalue weighted by Gasteiger charge is -2.33. The lowest BCUT2D eigenvalue weighted by atomic mass is 9.90. The molecule has 1 fully saturated rings. The number of rotatable bonds is 2. The highest BCUT2D eigenvalue weighted by molar-refractivity contribution is 5.86. The van der Waals surface area contributed by atoms with E-state index in [0.29, 0.717) is 6.54 Å². The molecule has 1 atom stereocenters. The molecule has 1 aliphatic rings. The first-order valence-corrected chi connectivity index (χ1v) is 5.12. The van der Waals surface area contributed by atoms with Crippen LogP contribution in [0.3, 0.4) is 0 Å². The average Bonchev–Trinajstić information content (AvgIpc) is 2.19. The summed E-state index contributed by atoms with van der Waals surface area (Å²) in [6.07, 6.45) is 3.20.